The highest BCUT2D eigenvalue weighted by Gasteiger charge is 2.62. The SMILES string of the molecule is C=C[C@@H]1CC1(NC(=O)[C@@H]1C[C@@H](Oc2cc(-c3nc(C(C)C)cs3)nc3c(C)c(OC)ccc23)CN1C(=O)C(CC(=O)N1CCCC(F)(F)C1)C(C)(C)C)C(=O)NS(=O)(=O)C1CC1. The number of alkyl halides is 2. The summed E-state index contributed by atoms with van der Waals surface area (Å²) in [6.07, 6.45) is 1.02. The highest BCUT2D eigenvalue weighted by molar-refractivity contribution is 7.91. The molecule has 0 radical (unpaired) electrons. The largest absolute Gasteiger partial charge is 0.496 e. The molecule has 4 fully saturated rings. The molecule has 4 aliphatic rings. The van der Waals surface area contributed by atoms with Gasteiger partial charge in [-0.15, -0.1) is 17.9 Å². The van der Waals surface area contributed by atoms with Gasteiger partial charge in [-0.3, -0.25) is 23.9 Å². The van der Waals surface area contributed by atoms with Gasteiger partial charge in [-0.05, 0) is 56.1 Å². The molecule has 62 heavy (non-hydrogen) atoms. The number of amides is 4. The number of piperidine rings is 1. The van der Waals surface area contributed by atoms with Crippen molar-refractivity contribution in [1.82, 2.24) is 29.8 Å². The number of aryl methyl sites for hydroxylation is 1. The Bertz CT molecular complexity index is 2400. The number of aromatic nitrogens is 2. The van der Waals surface area contributed by atoms with Crippen molar-refractivity contribution in [1.29, 1.82) is 0 Å². The fourth-order valence-electron chi connectivity index (χ4n) is 8.50. The molecule has 1 aromatic carbocycles. The maximum Gasteiger partial charge on any atom is 0.265 e. The molecule has 2 aromatic heterocycles. The number of benzene rings is 1. The Morgan fingerprint density at radius 2 is 1.85 bits per heavy atom. The van der Waals surface area contributed by atoms with Gasteiger partial charge in [0, 0.05) is 54.1 Å². The first-order valence-electron chi connectivity index (χ1n) is 21.1. The number of likely N-dealkylation sites (tertiary alicyclic amines) is 2. The maximum atomic E-state index is 14.9. The molecule has 5 atom stereocenters. The number of nitrogens with one attached hydrogen (secondary N) is 2. The van der Waals surface area contributed by atoms with Gasteiger partial charge in [0.05, 0.1) is 42.6 Å². The van der Waals surface area contributed by atoms with Crippen LogP contribution < -0.4 is 19.5 Å². The first-order chi connectivity index (χ1) is 29.1. The van der Waals surface area contributed by atoms with Crippen molar-refractivity contribution in [3.63, 3.8) is 0 Å². The van der Waals surface area contributed by atoms with Gasteiger partial charge in [0.1, 0.15) is 39.9 Å². The lowest BCUT2D eigenvalue weighted by Crippen LogP contribution is -2.57. The van der Waals surface area contributed by atoms with Crippen LogP contribution >= 0.6 is 11.3 Å². The highest BCUT2D eigenvalue weighted by atomic mass is 32.2. The van der Waals surface area contributed by atoms with E-state index in [4.69, 9.17) is 19.4 Å². The molecule has 18 heteroatoms. The number of pyridine rings is 1. The van der Waals surface area contributed by atoms with Crippen molar-refractivity contribution in [3.8, 4) is 22.2 Å². The monoisotopic (exact) mass is 898 g/mol. The van der Waals surface area contributed by atoms with Crippen LogP contribution in [0.4, 0.5) is 8.78 Å². The van der Waals surface area contributed by atoms with Gasteiger partial charge < -0.3 is 24.6 Å². The second-order valence-electron chi connectivity index (χ2n) is 18.6. The predicted octanol–water partition coefficient (Wildman–Crippen LogP) is 6.13. The van der Waals surface area contributed by atoms with Crippen LogP contribution in [-0.4, -0.2) is 107 Å². The normalized spacial score (nSPS) is 24.1. The van der Waals surface area contributed by atoms with E-state index in [9.17, 15) is 36.4 Å². The molecule has 0 spiro atoms. The number of halogens is 2. The van der Waals surface area contributed by atoms with Crippen molar-refractivity contribution >= 4 is 55.9 Å². The Morgan fingerprint density at radius 3 is 2.45 bits per heavy atom. The lowest BCUT2D eigenvalue weighted by molar-refractivity contribution is -0.151. The lowest BCUT2D eigenvalue weighted by Gasteiger charge is -2.37. The van der Waals surface area contributed by atoms with Crippen molar-refractivity contribution < 1.29 is 45.9 Å². The summed E-state index contributed by atoms with van der Waals surface area (Å²) in [7, 11) is -2.39. The Balaban J connectivity index is 1.23. The summed E-state index contributed by atoms with van der Waals surface area (Å²) in [5.41, 5.74) is 0.337. The number of hydrogen-bond donors (Lipinski definition) is 2. The molecule has 7 rings (SSSR count). The zero-order chi connectivity index (χ0) is 45.1. The summed E-state index contributed by atoms with van der Waals surface area (Å²) < 4.78 is 69.1. The summed E-state index contributed by atoms with van der Waals surface area (Å²) in [4.78, 5) is 69.2. The molecule has 2 unspecified atom stereocenters. The number of hydrogen-bond acceptors (Lipinski definition) is 11. The van der Waals surface area contributed by atoms with E-state index in [-0.39, 0.29) is 51.1 Å². The average Bonchev–Trinajstić information content (AvgIpc) is 4.08. The van der Waals surface area contributed by atoms with E-state index < -0.39 is 86.3 Å². The van der Waals surface area contributed by atoms with Crippen molar-refractivity contribution in [2.45, 2.75) is 121 Å². The molecule has 2 saturated heterocycles. The van der Waals surface area contributed by atoms with Gasteiger partial charge >= 0.3 is 0 Å². The number of carbonyl (C=O) groups excluding carboxylic acids is 4. The Hall–Kier alpha value is -4.71. The van der Waals surface area contributed by atoms with E-state index in [1.807, 2.05) is 32.2 Å². The Kier molecular flexibility index (Phi) is 12.3. The number of ether oxygens (including phenoxy) is 2. The Morgan fingerprint density at radius 1 is 1.13 bits per heavy atom. The van der Waals surface area contributed by atoms with Crippen molar-refractivity contribution in [2.24, 2.45) is 17.3 Å². The number of rotatable bonds is 14. The molecule has 2 N–H and O–H groups in total. The van der Waals surface area contributed by atoms with E-state index >= 15 is 0 Å². The molecule has 2 aliphatic carbocycles. The topological polar surface area (TPSA) is 177 Å². The minimum atomic E-state index is -3.96. The third kappa shape index (κ3) is 9.17. The highest BCUT2D eigenvalue weighted by Crippen LogP contribution is 2.46. The van der Waals surface area contributed by atoms with Crippen LogP contribution in [0.1, 0.15) is 96.7 Å². The van der Waals surface area contributed by atoms with Crippen LogP contribution in [0.15, 0.2) is 36.2 Å². The van der Waals surface area contributed by atoms with Gasteiger partial charge in [0.2, 0.25) is 27.7 Å². The van der Waals surface area contributed by atoms with E-state index in [1.165, 1.54) is 22.3 Å². The van der Waals surface area contributed by atoms with Gasteiger partial charge in [0.25, 0.3) is 11.8 Å². The molecular formula is C44H56F2N6O8S2. The number of carbonyl (C=O) groups is 4. The van der Waals surface area contributed by atoms with Crippen molar-refractivity contribution in [3.05, 3.63) is 47.5 Å². The second-order valence-corrected chi connectivity index (χ2v) is 21.4. The van der Waals surface area contributed by atoms with E-state index in [0.29, 0.717) is 45.9 Å². The number of sulfonamides is 1. The van der Waals surface area contributed by atoms with Gasteiger partial charge in [-0.2, -0.15) is 0 Å². The summed E-state index contributed by atoms with van der Waals surface area (Å²) in [6, 6.07) is 4.17. The van der Waals surface area contributed by atoms with Gasteiger partial charge in [0.15, 0.2) is 0 Å². The van der Waals surface area contributed by atoms with Gasteiger partial charge in [-0.25, -0.2) is 27.2 Å². The molecule has 3 aromatic rings. The Labute approximate surface area is 365 Å². The van der Waals surface area contributed by atoms with Crippen LogP contribution in [0, 0.1) is 24.2 Å². The third-order valence-electron chi connectivity index (χ3n) is 12.6. The number of thiazole rings is 1. The van der Waals surface area contributed by atoms with Gasteiger partial charge in [-0.1, -0.05) is 40.7 Å². The zero-order valence-corrected chi connectivity index (χ0v) is 37.9. The fraction of sp³-hybridized carbons (Fsp3) is 0.591. The lowest BCUT2D eigenvalue weighted by atomic mass is 9.77. The third-order valence-corrected chi connectivity index (χ3v) is 15.3. The smallest absolute Gasteiger partial charge is 0.265 e. The van der Waals surface area contributed by atoms with Crippen LogP contribution in [0.2, 0.25) is 0 Å². The molecule has 4 amide bonds. The number of nitrogens with zero attached hydrogens (tertiary/aromatic N) is 4. The molecular weight excluding hydrogens is 843 g/mol. The zero-order valence-electron chi connectivity index (χ0n) is 36.3. The first kappa shape index (κ1) is 45.3. The summed E-state index contributed by atoms with van der Waals surface area (Å²) in [5, 5.41) is 5.42. The van der Waals surface area contributed by atoms with E-state index in [2.05, 4.69) is 16.6 Å². The van der Waals surface area contributed by atoms with E-state index in [1.54, 1.807) is 40.0 Å². The molecule has 336 valence electrons. The maximum absolute atomic E-state index is 14.9. The van der Waals surface area contributed by atoms with Crippen LogP contribution in [0.5, 0.6) is 11.5 Å². The minimum absolute atomic E-state index is 0.0411. The quantitative estimate of drug-likeness (QED) is 0.179. The summed E-state index contributed by atoms with van der Waals surface area (Å²) >= 11 is 1.44. The van der Waals surface area contributed by atoms with Crippen molar-refractivity contribution in [2.75, 3.05) is 26.7 Å². The number of methoxy groups -OCH3 is 1. The second kappa shape index (κ2) is 16.8. The molecule has 0 bridgehead atoms. The van der Waals surface area contributed by atoms with Crippen LogP contribution in [0.25, 0.3) is 21.6 Å². The standard InChI is InChI=1S/C44H56F2N6O8S2/c1-9-26-20-44(26,41(56)50-62(57,58)28-11-12-28)49-38(54)33-17-27(21-52(33)40(55)30(42(5,6)7)18-36(53)51-16-10-15-43(45,46)23-51)60-35-19-31(39-48-32(22-61-39)24(2)3)47-37-25(4)34(59-8)14-13-29(35)37/h9,13-14,19,22,24,26-28,30,33H,1,10-12,15-18,20-21,23H2,2-8H3,(H,49,54)(H,50,56)/t26-,27-,30?,33+,44?/m1/s1. The first-order valence-corrected chi connectivity index (χ1v) is 23.6. The van der Waals surface area contributed by atoms with E-state index in [0.717, 1.165) is 16.2 Å². The molecule has 4 heterocycles. The van der Waals surface area contributed by atoms with Crippen LogP contribution in [-0.2, 0) is 29.2 Å². The fourth-order valence-corrected chi connectivity index (χ4v) is 10.8. The average molecular weight is 899 g/mol. The molecule has 2 saturated carbocycles. The summed E-state index contributed by atoms with van der Waals surface area (Å²) in [6.45, 7) is 14.4. The summed E-state index contributed by atoms with van der Waals surface area (Å²) in [5.74, 6) is -6.19. The molecule has 2 aliphatic heterocycles. The molecule has 14 nitrogen and oxygen atoms in total. The van der Waals surface area contributed by atoms with Crippen LogP contribution in [0.3, 0.4) is 0 Å². The number of fused-ring (bicyclic) bond motifs is 1. The minimum Gasteiger partial charge on any atom is -0.496 e. The predicted molar refractivity (Wildman–Crippen MR) is 230 cm³/mol.